The molecule has 0 spiro atoms. The topological polar surface area (TPSA) is 86.8 Å². The summed E-state index contributed by atoms with van der Waals surface area (Å²) in [5.41, 5.74) is 0.731. The van der Waals surface area contributed by atoms with Crippen LogP contribution in [0.3, 0.4) is 0 Å². The zero-order valence-corrected chi connectivity index (χ0v) is 19.2. The molecule has 1 fully saturated rings. The standard InChI is InChI=1S/C24H29N3O4S/c1-2-27-20-17-18(23(28)25-13-16-26-14-7-3-4-8-15-26)11-12-22(20)32(30,31)21-10-6-5-9-19(21)24(27)29/h5-6,9-12,17H,2-4,7-8,13-16H2,1H3,(H,25,28). The van der Waals surface area contributed by atoms with Crippen molar-refractivity contribution in [2.24, 2.45) is 0 Å². The molecule has 0 aliphatic carbocycles. The minimum Gasteiger partial charge on any atom is -0.351 e. The molecule has 1 saturated heterocycles. The zero-order chi connectivity index (χ0) is 22.7. The van der Waals surface area contributed by atoms with E-state index in [1.165, 1.54) is 60.9 Å². The summed E-state index contributed by atoms with van der Waals surface area (Å²) < 4.78 is 26.6. The third-order valence-electron chi connectivity index (χ3n) is 6.18. The van der Waals surface area contributed by atoms with Crippen molar-refractivity contribution < 1.29 is 18.0 Å². The lowest BCUT2D eigenvalue weighted by molar-refractivity contribution is 0.0945. The summed E-state index contributed by atoms with van der Waals surface area (Å²) in [5.74, 6) is -0.658. The van der Waals surface area contributed by atoms with Gasteiger partial charge in [-0.2, -0.15) is 0 Å². The van der Waals surface area contributed by atoms with Crippen molar-refractivity contribution in [2.75, 3.05) is 37.6 Å². The van der Waals surface area contributed by atoms with Gasteiger partial charge in [0.15, 0.2) is 0 Å². The Morgan fingerprint density at radius 3 is 2.44 bits per heavy atom. The number of sulfone groups is 1. The van der Waals surface area contributed by atoms with Crippen molar-refractivity contribution in [2.45, 2.75) is 42.4 Å². The van der Waals surface area contributed by atoms with E-state index in [9.17, 15) is 18.0 Å². The molecule has 0 aromatic heterocycles. The van der Waals surface area contributed by atoms with Gasteiger partial charge < -0.3 is 15.1 Å². The normalized spacial score (nSPS) is 18.3. The molecule has 2 aromatic rings. The summed E-state index contributed by atoms with van der Waals surface area (Å²) in [6.07, 6.45) is 4.90. The number of hydrogen-bond donors (Lipinski definition) is 1. The van der Waals surface area contributed by atoms with Crippen molar-refractivity contribution >= 4 is 27.3 Å². The second kappa shape index (κ2) is 9.42. The van der Waals surface area contributed by atoms with Crippen LogP contribution in [0.15, 0.2) is 52.3 Å². The molecule has 1 N–H and O–H groups in total. The van der Waals surface area contributed by atoms with Gasteiger partial charge in [-0.25, -0.2) is 8.42 Å². The number of anilines is 1. The second-order valence-electron chi connectivity index (χ2n) is 8.24. The molecule has 2 aromatic carbocycles. The van der Waals surface area contributed by atoms with Gasteiger partial charge >= 0.3 is 0 Å². The number of likely N-dealkylation sites (tertiary alicyclic amines) is 1. The summed E-state index contributed by atoms with van der Waals surface area (Å²) >= 11 is 0. The van der Waals surface area contributed by atoms with Crippen molar-refractivity contribution in [3.05, 3.63) is 53.6 Å². The molecule has 170 valence electrons. The van der Waals surface area contributed by atoms with Crippen LogP contribution in [-0.2, 0) is 9.84 Å². The lowest BCUT2D eigenvalue weighted by Gasteiger charge is -2.22. The average Bonchev–Trinajstić information content (AvgIpc) is 3.10. The van der Waals surface area contributed by atoms with Crippen LogP contribution in [0.4, 0.5) is 5.69 Å². The van der Waals surface area contributed by atoms with Crippen molar-refractivity contribution in [3.8, 4) is 0 Å². The fraction of sp³-hybridized carbons (Fsp3) is 0.417. The molecule has 2 heterocycles. The average molecular weight is 456 g/mol. The summed E-state index contributed by atoms with van der Waals surface area (Å²) in [6, 6.07) is 10.7. The van der Waals surface area contributed by atoms with Crippen LogP contribution in [0.25, 0.3) is 0 Å². The van der Waals surface area contributed by atoms with E-state index < -0.39 is 9.84 Å². The van der Waals surface area contributed by atoms with Crippen LogP contribution in [0.1, 0.15) is 53.3 Å². The maximum atomic E-state index is 13.3. The summed E-state index contributed by atoms with van der Waals surface area (Å²) in [5, 5.41) is 2.94. The van der Waals surface area contributed by atoms with Gasteiger partial charge in [-0.1, -0.05) is 25.0 Å². The first-order chi connectivity index (χ1) is 15.4. The molecule has 2 amide bonds. The zero-order valence-electron chi connectivity index (χ0n) is 18.3. The predicted molar refractivity (Wildman–Crippen MR) is 123 cm³/mol. The number of nitrogens with zero attached hydrogens (tertiary/aromatic N) is 2. The van der Waals surface area contributed by atoms with E-state index in [2.05, 4.69) is 10.2 Å². The maximum Gasteiger partial charge on any atom is 0.259 e. The molecule has 4 rings (SSSR count). The molecule has 32 heavy (non-hydrogen) atoms. The first kappa shape index (κ1) is 22.5. The van der Waals surface area contributed by atoms with Gasteiger partial charge in [0, 0.05) is 25.2 Å². The quantitative estimate of drug-likeness (QED) is 0.749. The highest BCUT2D eigenvalue weighted by Gasteiger charge is 2.35. The van der Waals surface area contributed by atoms with Crippen LogP contribution < -0.4 is 10.2 Å². The van der Waals surface area contributed by atoms with Crippen LogP contribution >= 0.6 is 0 Å². The Morgan fingerprint density at radius 2 is 1.72 bits per heavy atom. The molecule has 2 aliphatic rings. The Balaban J connectivity index is 1.59. The number of carbonyl (C=O) groups excluding carboxylic acids is 2. The van der Waals surface area contributed by atoms with Crippen LogP contribution in [0.5, 0.6) is 0 Å². The number of nitrogens with one attached hydrogen (secondary N) is 1. The lowest BCUT2D eigenvalue weighted by atomic mass is 10.1. The third-order valence-corrected chi connectivity index (χ3v) is 8.04. The SMILES string of the molecule is CCN1C(=O)c2ccccc2S(=O)(=O)c2ccc(C(=O)NCCN3CCCCCC3)cc21. The Morgan fingerprint density at radius 1 is 1.00 bits per heavy atom. The molecule has 0 bridgehead atoms. The number of carbonyl (C=O) groups is 2. The molecule has 0 unspecified atom stereocenters. The largest absolute Gasteiger partial charge is 0.351 e. The molecule has 7 nitrogen and oxygen atoms in total. The van der Waals surface area contributed by atoms with Crippen molar-refractivity contribution in [3.63, 3.8) is 0 Å². The monoisotopic (exact) mass is 455 g/mol. The van der Waals surface area contributed by atoms with E-state index in [-0.39, 0.29) is 39.4 Å². The number of hydrogen-bond acceptors (Lipinski definition) is 5. The van der Waals surface area contributed by atoms with Gasteiger partial charge in [-0.15, -0.1) is 0 Å². The fourth-order valence-electron chi connectivity index (χ4n) is 4.45. The minimum atomic E-state index is -3.89. The number of rotatable bonds is 5. The summed E-state index contributed by atoms with van der Waals surface area (Å²) in [7, 11) is -3.89. The molecule has 2 aliphatic heterocycles. The summed E-state index contributed by atoms with van der Waals surface area (Å²) in [4.78, 5) is 29.8. The van der Waals surface area contributed by atoms with E-state index in [0.717, 1.165) is 19.6 Å². The molecular weight excluding hydrogens is 426 g/mol. The lowest BCUT2D eigenvalue weighted by Crippen LogP contribution is -2.35. The van der Waals surface area contributed by atoms with E-state index in [1.807, 2.05) is 0 Å². The highest BCUT2D eigenvalue weighted by Crippen LogP contribution is 2.37. The van der Waals surface area contributed by atoms with Crippen LogP contribution in [0, 0.1) is 0 Å². The maximum absolute atomic E-state index is 13.3. The van der Waals surface area contributed by atoms with Crippen molar-refractivity contribution in [1.29, 1.82) is 0 Å². The Kier molecular flexibility index (Phi) is 6.62. The number of benzene rings is 2. The molecule has 8 heteroatoms. The molecule has 0 saturated carbocycles. The van der Waals surface area contributed by atoms with Gasteiger partial charge in [0.2, 0.25) is 9.84 Å². The predicted octanol–water partition coefficient (Wildman–Crippen LogP) is 3.11. The van der Waals surface area contributed by atoms with Crippen LogP contribution in [-0.4, -0.2) is 57.9 Å². The minimum absolute atomic E-state index is 0.00292. The molecule has 0 radical (unpaired) electrons. The van der Waals surface area contributed by atoms with Gasteiger partial charge in [0.05, 0.1) is 21.0 Å². The van der Waals surface area contributed by atoms with Gasteiger partial charge in [-0.3, -0.25) is 9.59 Å². The second-order valence-corrected chi connectivity index (χ2v) is 10.1. The number of fused-ring (bicyclic) bond motifs is 2. The first-order valence-electron chi connectivity index (χ1n) is 11.2. The Hall–Kier alpha value is -2.71. The molecule has 0 atom stereocenters. The van der Waals surface area contributed by atoms with Gasteiger partial charge in [0.25, 0.3) is 11.8 Å². The highest BCUT2D eigenvalue weighted by atomic mass is 32.2. The van der Waals surface area contributed by atoms with E-state index in [4.69, 9.17) is 0 Å². The highest BCUT2D eigenvalue weighted by molar-refractivity contribution is 7.91. The number of amides is 2. The fourth-order valence-corrected chi connectivity index (χ4v) is 6.08. The summed E-state index contributed by atoms with van der Waals surface area (Å²) in [6.45, 7) is 5.50. The van der Waals surface area contributed by atoms with Crippen molar-refractivity contribution in [1.82, 2.24) is 10.2 Å². The van der Waals surface area contributed by atoms with Gasteiger partial charge in [0.1, 0.15) is 0 Å². The van der Waals surface area contributed by atoms with Gasteiger partial charge in [-0.05, 0) is 63.2 Å². The van der Waals surface area contributed by atoms with E-state index >= 15 is 0 Å². The smallest absolute Gasteiger partial charge is 0.259 e. The Labute approximate surface area is 189 Å². The van der Waals surface area contributed by atoms with E-state index in [0.29, 0.717) is 12.1 Å². The first-order valence-corrected chi connectivity index (χ1v) is 12.7. The molecular formula is C24H29N3O4S. The van der Waals surface area contributed by atoms with E-state index in [1.54, 1.807) is 19.1 Å². The third kappa shape index (κ3) is 4.29. The van der Waals surface area contributed by atoms with Crippen LogP contribution in [0.2, 0.25) is 0 Å². The Bertz CT molecular complexity index is 1120.